The van der Waals surface area contributed by atoms with Crippen LogP contribution in [0.4, 0.5) is 23.3 Å². The molecular formula is C23H27N9O. The SMILES string of the molecule is CC1(C(=O)Nc2ccnnc2)CCCN1c1nc2c(c(Nc3cc(C4CC4)[nH]n3)n1)CCC2. The van der Waals surface area contributed by atoms with E-state index < -0.39 is 5.54 Å². The lowest BCUT2D eigenvalue weighted by Crippen LogP contribution is -2.51. The molecule has 6 rings (SSSR count). The summed E-state index contributed by atoms with van der Waals surface area (Å²) in [5.74, 6) is 2.70. The first-order valence-corrected chi connectivity index (χ1v) is 11.7. The maximum Gasteiger partial charge on any atom is 0.250 e. The minimum Gasteiger partial charge on any atom is -0.326 e. The van der Waals surface area contributed by atoms with Gasteiger partial charge in [0.1, 0.15) is 11.4 Å². The van der Waals surface area contributed by atoms with E-state index in [0.717, 1.165) is 61.5 Å². The van der Waals surface area contributed by atoms with Crippen LogP contribution in [0.5, 0.6) is 0 Å². The summed E-state index contributed by atoms with van der Waals surface area (Å²) in [6.45, 7) is 2.69. The summed E-state index contributed by atoms with van der Waals surface area (Å²) < 4.78 is 0. The Bertz CT molecular complexity index is 1190. The van der Waals surface area contributed by atoms with Crippen LogP contribution in [0.2, 0.25) is 0 Å². The number of aromatic nitrogens is 6. The van der Waals surface area contributed by atoms with Gasteiger partial charge in [-0.25, -0.2) is 4.98 Å². The molecule has 10 nitrogen and oxygen atoms in total. The fourth-order valence-corrected chi connectivity index (χ4v) is 4.92. The molecule has 1 amide bonds. The van der Waals surface area contributed by atoms with Crippen LogP contribution in [0.25, 0.3) is 0 Å². The second-order valence-electron chi connectivity index (χ2n) is 9.37. The first-order chi connectivity index (χ1) is 16.1. The van der Waals surface area contributed by atoms with Crippen molar-refractivity contribution in [2.24, 2.45) is 0 Å². The molecule has 3 aliphatic rings. The summed E-state index contributed by atoms with van der Waals surface area (Å²) in [6.07, 6.45) is 10.1. The Morgan fingerprint density at radius 3 is 2.94 bits per heavy atom. The quantitative estimate of drug-likeness (QED) is 0.529. The van der Waals surface area contributed by atoms with Crippen molar-refractivity contribution in [1.29, 1.82) is 0 Å². The summed E-state index contributed by atoms with van der Waals surface area (Å²) in [5.41, 5.74) is 3.28. The second-order valence-corrected chi connectivity index (χ2v) is 9.37. The highest BCUT2D eigenvalue weighted by atomic mass is 16.2. The third-order valence-corrected chi connectivity index (χ3v) is 7.00. The monoisotopic (exact) mass is 445 g/mol. The van der Waals surface area contributed by atoms with E-state index in [4.69, 9.17) is 9.97 Å². The smallest absolute Gasteiger partial charge is 0.250 e. The molecule has 3 aromatic heterocycles. The van der Waals surface area contributed by atoms with Gasteiger partial charge in [-0.3, -0.25) is 9.89 Å². The predicted octanol–water partition coefficient (Wildman–Crippen LogP) is 3.10. The minimum absolute atomic E-state index is 0.0898. The number of aromatic amines is 1. The van der Waals surface area contributed by atoms with Crippen LogP contribution in [-0.2, 0) is 17.6 Å². The third kappa shape index (κ3) is 3.69. The molecule has 1 saturated heterocycles. The van der Waals surface area contributed by atoms with Crippen LogP contribution in [0.3, 0.4) is 0 Å². The number of rotatable bonds is 6. The Balaban J connectivity index is 1.30. The number of hydrogen-bond acceptors (Lipinski definition) is 8. The number of hydrogen-bond donors (Lipinski definition) is 3. The lowest BCUT2D eigenvalue weighted by atomic mass is 9.97. The number of fused-ring (bicyclic) bond motifs is 1. The molecule has 10 heteroatoms. The molecular weight excluding hydrogens is 418 g/mol. The van der Waals surface area contributed by atoms with Gasteiger partial charge in [0.2, 0.25) is 11.9 Å². The molecule has 0 bridgehead atoms. The number of anilines is 4. The summed E-state index contributed by atoms with van der Waals surface area (Å²) in [5, 5.41) is 21.6. The molecule has 2 aliphatic carbocycles. The minimum atomic E-state index is -0.751. The lowest BCUT2D eigenvalue weighted by Gasteiger charge is -2.34. The molecule has 170 valence electrons. The van der Waals surface area contributed by atoms with E-state index in [0.29, 0.717) is 17.6 Å². The molecule has 2 fully saturated rings. The van der Waals surface area contributed by atoms with Gasteiger partial charge in [-0.15, -0.1) is 0 Å². The predicted molar refractivity (Wildman–Crippen MR) is 124 cm³/mol. The molecule has 1 unspecified atom stereocenters. The van der Waals surface area contributed by atoms with Crippen molar-refractivity contribution < 1.29 is 4.79 Å². The summed E-state index contributed by atoms with van der Waals surface area (Å²) >= 11 is 0. The molecule has 1 atom stereocenters. The van der Waals surface area contributed by atoms with Gasteiger partial charge in [0.05, 0.1) is 23.8 Å². The fourth-order valence-electron chi connectivity index (χ4n) is 4.92. The third-order valence-electron chi connectivity index (χ3n) is 7.00. The van der Waals surface area contributed by atoms with Crippen LogP contribution >= 0.6 is 0 Å². The van der Waals surface area contributed by atoms with Crippen LogP contribution in [0.15, 0.2) is 24.5 Å². The largest absolute Gasteiger partial charge is 0.326 e. The van der Waals surface area contributed by atoms with Gasteiger partial charge in [-0.05, 0) is 57.9 Å². The van der Waals surface area contributed by atoms with Gasteiger partial charge in [0, 0.05) is 29.8 Å². The van der Waals surface area contributed by atoms with Crippen molar-refractivity contribution in [3.63, 3.8) is 0 Å². The number of carbonyl (C=O) groups excluding carboxylic acids is 1. The molecule has 1 aliphatic heterocycles. The standard InChI is InChI=1S/C23H27N9O/c1-23(21(33)26-15-8-10-24-25-13-15)9-3-11-32(23)22-27-17-5-2-4-16(17)20(29-22)28-19-12-18(30-31-19)14-6-7-14/h8,10,12-14H,2-7,9,11H2,1H3,(H,24,26,33)(H2,27,28,29,30,31). The summed E-state index contributed by atoms with van der Waals surface area (Å²) in [7, 11) is 0. The molecule has 33 heavy (non-hydrogen) atoms. The van der Waals surface area contributed by atoms with Crippen LogP contribution in [0, 0.1) is 0 Å². The van der Waals surface area contributed by atoms with Gasteiger partial charge in [-0.1, -0.05) is 0 Å². The van der Waals surface area contributed by atoms with E-state index in [1.807, 2.05) is 11.8 Å². The van der Waals surface area contributed by atoms with E-state index in [2.05, 4.69) is 37.1 Å². The Hall–Kier alpha value is -3.56. The highest BCUT2D eigenvalue weighted by Crippen LogP contribution is 2.40. The fraction of sp³-hybridized carbons (Fsp3) is 0.478. The van der Waals surface area contributed by atoms with E-state index in [1.165, 1.54) is 18.5 Å². The maximum atomic E-state index is 13.3. The van der Waals surface area contributed by atoms with Gasteiger partial charge >= 0.3 is 0 Å². The van der Waals surface area contributed by atoms with Crippen molar-refractivity contribution in [1.82, 2.24) is 30.4 Å². The van der Waals surface area contributed by atoms with Gasteiger partial charge in [0.25, 0.3) is 0 Å². The first-order valence-electron chi connectivity index (χ1n) is 11.7. The van der Waals surface area contributed by atoms with Gasteiger partial charge in [-0.2, -0.15) is 20.3 Å². The zero-order chi connectivity index (χ0) is 22.4. The molecule has 0 spiro atoms. The second kappa shape index (κ2) is 7.79. The van der Waals surface area contributed by atoms with Crippen molar-refractivity contribution in [3.05, 3.63) is 41.5 Å². The average molecular weight is 446 g/mol. The van der Waals surface area contributed by atoms with Crippen molar-refractivity contribution in [2.45, 2.75) is 63.3 Å². The van der Waals surface area contributed by atoms with Crippen LogP contribution in [0.1, 0.15) is 61.9 Å². The van der Waals surface area contributed by atoms with Crippen molar-refractivity contribution in [3.8, 4) is 0 Å². The summed E-state index contributed by atoms with van der Waals surface area (Å²) in [4.78, 5) is 25.2. The molecule has 4 heterocycles. The Labute approximate surface area is 191 Å². The van der Waals surface area contributed by atoms with E-state index >= 15 is 0 Å². The average Bonchev–Trinajstić information content (AvgIpc) is 3.20. The molecule has 3 aromatic rings. The number of nitrogens with zero attached hydrogens (tertiary/aromatic N) is 6. The number of aryl methyl sites for hydroxylation is 1. The van der Waals surface area contributed by atoms with E-state index in [-0.39, 0.29) is 5.91 Å². The zero-order valence-corrected chi connectivity index (χ0v) is 18.6. The zero-order valence-electron chi connectivity index (χ0n) is 18.6. The highest BCUT2D eigenvalue weighted by Gasteiger charge is 2.45. The molecule has 1 saturated carbocycles. The molecule has 0 radical (unpaired) electrons. The highest BCUT2D eigenvalue weighted by molar-refractivity contribution is 6.00. The number of amides is 1. The number of nitrogens with one attached hydrogen (secondary N) is 3. The van der Waals surface area contributed by atoms with E-state index in [1.54, 1.807) is 18.5 Å². The van der Waals surface area contributed by atoms with E-state index in [9.17, 15) is 4.79 Å². The topological polar surface area (TPSA) is 125 Å². The Kier molecular flexibility index (Phi) is 4.74. The number of carbonyl (C=O) groups is 1. The molecule has 0 aromatic carbocycles. The normalized spacial score (nSPS) is 21.8. The van der Waals surface area contributed by atoms with Crippen LogP contribution in [-0.4, -0.2) is 48.4 Å². The van der Waals surface area contributed by atoms with Crippen LogP contribution < -0.4 is 15.5 Å². The van der Waals surface area contributed by atoms with Gasteiger partial charge in [0.15, 0.2) is 5.82 Å². The Morgan fingerprint density at radius 2 is 2.12 bits per heavy atom. The lowest BCUT2D eigenvalue weighted by molar-refractivity contribution is -0.120. The van der Waals surface area contributed by atoms with Crippen molar-refractivity contribution in [2.75, 3.05) is 22.1 Å². The maximum absolute atomic E-state index is 13.3. The van der Waals surface area contributed by atoms with Crippen molar-refractivity contribution >= 4 is 29.2 Å². The first kappa shape index (κ1) is 20.1. The molecule has 3 N–H and O–H groups in total. The summed E-state index contributed by atoms with van der Waals surface area (Å²) in [6, 6.07) is 3.82. The Morgan fingerprint density at radius 1 is 1.21 bits per heavy atom. The van der Waals surface area contributed by atoms with Gasteiger partial charge < -0.3 is 15.5 Å². The number of H-pyrrole nitrogens is 1.